The molecule has 0 fully saturated rings. The molecule has 3 nitrogen and oxygen atoms in total. The maximum absolute atomic E-state index is 5.13. The number of ether oxygens (including phenoxy) is 2. The third kappa shape index (κ3) is 5.45. The van der Waals surface area contributed by atoms with Gasteiger partial charge in [0.15, 0.2) is 0 Å². The lowest BCUT2D eigenvalue weighted by Crippen LogP contribution is -2.30. The van der Waals surface area contributed by atoms with Gasteiger partial charge in [0.25, 0.3) is 0 Å². The first-order valence-corrected chi connectivity index (χ1v) is 6.21. The van der Waals surface area contributed by atoms with E-state index in [2.05, 4.69) is 35.7 Å². The molecule has 0 aliphatic rings. The summed E-state index contributed by atoms with van der Waals surface area (Å²) < 4.78 is 10.3. The van der Waals surface area contributed by atoms with Crippen LogP contribution in [0.4, 0.5) is 0 Å². The fraction of sp³-hybridized carbons (Fsp3) is 0.467. The van der Waals surface area contributed by atoms with Crippen molar-refractivity contribution in [2.24, 2.45) is 0 Å². The third-order valence-corrected chi connectivity index (χ3v) is 2.84. The van der Waals surface area contributed by atoms with E-state index in [9.17, 15) is 0 Å². The predicted molar refractivity (Wildman–Crippen MR) is 75.6 cm³/mol. The van der Waals surface area contributed by atoms with Crippen LogP contribution in [0.5, 0.6) is 0 Å². The number of rotatable bonds is 9. The van der Waals surface area contributed by atoms with E-state index in [1.807, 2.05) is 6.08 Å². The summed E-state index contributed by atoms with van der Waals surface area (Å²) in [5, 5.41) is 0. The minimum atomic E-state index is 0.744. The lowest BCUT2D eigenvalue weighted by molar-refractivity contribution is 0.110. The number of hydrogen-bond acceptors (Lipinski definition) is 3. The molecule has 0 saturated carbocycles. The SMILES string of the molecule is C=Cc1ccc(CN(CCOC)CCOC)cc1. The van der Waals surface area contributed by atoms with Crippen molar-refractivity contribution in [3.63, 3.8) is 0 Å². The highest BCUT2D eigenvalue weighted by Crippen LogP contribution is 2.08. The van der Waals surface area contributed by atoms with Gasteiger partial charge in [-0.3, -0.25) is 4.90 Å². The summed E-state index contributed by atoms with van der Waals surface area (Å²) in [5.41, 5.74) is 2.45. The van der Waals surface area contributed by atoms with E-state index in [-0.39, 0.29) is 0 Å². The zero-order valence-electron chi connectivity index (χ0n) is 11.4. The van der Waals surface area contributed by atoms with Gasteiger partial charge in [0, 0.05) is 33.9 Å². The molecule has 1 aromatic carbocycles. The summed E-state index contributed by atoms with van der Waals surface area (Å²) in [5.74, 6) is 0. The zero-order chi connectivity index (χ0) is 13.2. The second-order valence-electron chi connectivity index (χ2n) is 4.21. The van der Waals surface area contributed by atoms with Gasteiger partial charge in [-0.15, -0.1) is 0 Å². The fourth-order valence-corrected chi connectivity index (χ4v) is 1.73. The molecule has 0 spiro atoms. The maximum Gasteiger partial charge on any atom is 0.0589 e. The van der Waals surface area contributed by atoms with Gasteiger partial charge in [-0.2, -0.15) is 0 Å². The summed E-state index contributed by atoms with van der Waals surface area (Å²) in [4.78, 5) is 2.33. The van der Waals surface area contributed by atoms with Crippen molar-refractivity contribution in [1.29, 1.82) is 0 Å². The molecule has 0 bridgehead atoms. The number of methoxy groups -OCH3 is 2. The van der Waals surface area contributed by atoms with Crippen LogP contribution in [-0.2, 0) is 16.0 Å². The Balaban J connectivity index is 2.53. The Labute approximate surface area is 110 Å². The Morgan fingerprint density at radius 2 is 1.61 bits per heavy atom. The summed E-state index contributed by atoms with van der Waals surface area (Å²) in [6.45, 7) is 8.01. The van der Waals surface area contributed by atoms with Crippen LogP contribution in [0.15, 0.2) is 30.8 Å². The second-order valence-corrected chi connectivity index (χ2v) is 4.21. The van der Waals surface area contributed by atoms with Crippen LogP contribution >= 0.6 is 0 Å². The molecule has 0 aliphatic carbocycles. The molecule has 3 heteroatoms. The molecule has 1 rings (SSSR count). The van der Waals surface area contributed by atoms with Crippen LogP contribution in [-0.4, -0.2) is 45.4 Å². The quantitative estimate of drug-likeness (QED) is 0.671. The van der Waals surface area contributed by atoms with Crippen LogP contribution in [0.1, 0.15) is 11.1 Å². The van der Waals surface area contributed by atoms with Crippen molar-refractivity contribution in [3.8, 4) is 0 Å². The molecular weight excluding hydrogens is 226 g/mol. The maximum atomic E-state index is 5.13. The Kier molecular flexibility index (Phi) is 7.34. The molecule has 0 unspecified atom stereocenters. The van der Waals surface area contributed by atoms with Crippen LogP contribution in [0.2, 0.25) is 0 Å². The van der Waals surface area contributed by atoms with Gasteiger partial charge < -0.3 is 9.47 Å². The van der Waals surface area contributed by atoms with E-state index in [4.69, 9.17) is 9.47 Å². The van der Waals surface area contributed by atoms with Crippen molar-refractivity contribution in [2.45, 2.75) is 6.54 Å². The highest BCUT2D eigenvalue weighted by atomic mass is 16.5. The molecule has 18 heavy (non-hydrogen) atoms. The number of benzene rings is 1. The van der Waals surface area contributed by atoms with E-state index < -0.39 is 0 Å². The van der Waals surface area contributed by atoms with Gasteiger partial charge in [-0.1, -0.05) is 36.9 Å². The zero-order valence-corrected chi connectivity index (χ0v) is 11.4. The van der Waals surface area contributed by atoms with Crippen LogP contribution in [0, 0.1) is 0 Å². The van der Waals surface area contributed by atoms with Crippen molar-refractivity contribution in [3.05, 3.63) is 42.0 Å². The van der Waals surface area contributed by atoms with Crippen molar-refractivity contribution in [2.75, 3.05) is 40.5 Å². The summed E-state index contributed by atoms with van der Waals surface area (Å²) in [6, 6.07) is 8.47. The minimum absolute atomic E-state index is 0.744. The van der Waals surface area contributed by atoms with Crippen molar-refractivity contribution in [1.82, 2.24) is 4.90 Å². The Bertz CT molecular complexity index is 327. The molecule has 0 saturated heterocycles. The first kappa shape index (κ1) is 14.9. The largest absolute Gasteiger partial charge is 0.383 e. The number of hydrogen-bond donors (Lipinski definition) is 0. The van der Waals surface area contributed by atoms with Gasteiger partial charge in [0.1, 0.15) is 0 Å². The van der Waals surface area contributed by atoms with Gasteiger partial charge in [-0.25, -0.2) is 0 Å². The second kappa shape index (κ2) is 8.86. The average Bonchev–Trinajstić information content (AvgIpc) is 2.42. The smallest absolute Gasteiger partial charge is 0.0589 e. The van der Waals surface area contributed by atoms with Crippen molar-refractivity contribution >= 4 is 6.08 Å². The van der Waals surface area contributed by atoms with Gasteiger partial charge in [0.05, 0.1) is 13.2 Å². The summed E-state index contributed by atoms with van der Waals surface area (Å²) >= 11 is 0. The Morgan fingerprint density at radius 1 is 1.06 bits per heavy atom. The minimum Gasteiger partial charge on any atom is -0.383 e. The lowest BCUT2D eigenvalue weighted by Gasteiger charge is -2.21. The predicted octanol–water partition coefficient (Wildman–Crippen LogP) is 2.42. The summed E-state index contributed by atoms with van der Waals surface area (Å²) in [7, 11) is 3.46. The first-order chi connectivity index (χ1) is 8.80. The van der Waals surface area contributed by atoms with Crippen LogP contribution in [0.3, 0.4) is 0 Å². The lowest BCUT2D eigenvalue weighted by atomic mass is 10.1. The Hall–Kier alpha value is -1.16. The molecule has 100 valence electrons. The Morgan fingerprint density at radius 3 is 2.06 bits per heavy atom. The van der Waals surface area contributed by atoms with Gasteiger partial charge in [0.2, 0.25) is 0 Å². The topological polar surface area (TPSA) is 21.7 Å². The molecule has 0 aliphatic heterocycles. The summed E-state index contributed by atoms with van der Waals surface area (Å²) in [6.07, 6.45) is 1.86. The highest BCUT2D eigenvalue weighted by Gasteiger charge is 2.05. The molecule has 0 atom stereocenters. The van der Waals surface area contributed by atoms with E-state index in [1.165, 1.54) is 5.56 Å². The van der Waals surface area contributed by atoms with E-state index in [0.717, 1.165) is 38.4 Å². The van der Waals surface area contributed by atoms with E-state index in [1.54, 1.807) is 14.2 Å². The van der Waals surface area contributed by atoms with E-state index >= 15 is 0 Å². The van der Waals surface area contributed by atoms with Crippen molar-refractivity contribution < 1.29 is 9.47 Å². The molecule has 0 radical (unpaired) electrons. The molecule has 0 amide bonds. The van der Waals surface area contributed by atoms with Crippen LogP contribution in [0.25, 0.3) is 6.08 Å². The average molecular weight is 249 g/mol. The molecule has 0 heterocycles. The number of nitrogens with zero attached hydrogens (tertiary/aromatic N) is 1. The fourth-order valence-electron chi connectivity index (χ4n) is 1.73. The van der Waals surface area contributed by atoms with Gasteiger partial charge in [-0.05, 0) is 11.1 Å². The molecule has 1 aromatic rings. The van der Waals surface area contributed by atoms with Gasteiger partial charge >= 0.3 is 0 Å². The molecule has 0 N–H and O–H groups in total. The monoisotopic (exact) mass is 249 g/mol. The molecular formula is C15H23NO2. The third-order valence-electron chi connectivity index (χ3n) is 2.84. The molecule has 0 aromatic heterocycles. The highest BCUT2D eigenvalue weighted by molar-refractivity contribution is 5.47. The first-order valence-electron chi connectivity index (χ1n) is 6.21. The standard InChI is InChI=1S/C15H23NO2/c1-4-14-5-7-15(8-6-14)13-16(9-11-17-2)10-12-18-3/h4-8H,1,9-13H2,2-3H3. The van der Waals surface area contributed by atoms with Crippen LogP contribution < -0.4 is 0 Å². The normalized spacial score (nSPS) is 10.8. The van der Waals surface area contributed by atoms with E-state index in [0.29, 0.717) is 0 Å².